The third kappa shape index (κ3) is 4.00. The molecule has 2 N–H and O–H groups in total. The summed E-state index contributed by atoms with van der Waals surface area (Å²) < 4.78 is 5.48. The van der Waals surface area contributed by atoms with Crippen molar-refractivity contribution in [2.45, 2.75) is 6.04 Å². The number of aromatic nitrogens is 2. The van der Waals surface area contributed by atoms with Crippen LogP contribution in [-0.2, 0) is 4.79 Å². The van der Waals surface area contributed by atoms with E-state index in [1.54, 1.807) is 36.4 Å². The summed E-state index contributed by atoms with van der Waals surface area (Å²) in [6.07, 6.45) is 1.61. The van der Waals surface area contributed by atoms with E-state index in [9.17, 15) is 9.59 Å². The molecule has 182 valence electrons. The maximum absolute atomic E-state index is 13.7. The third-order valence-electron chi connectivity index (χ3n) is 6.68. The maximum Gasteiger partial charge on any atom is 0.255 e. The standard InChI is InChI=1S/C30H24N4O3/c1-37-20-10-8-9-19(17-20)28-27(23-13-4-5-14-24(23)32-28)29-21-11-2-3-12-22(21)30(36)34(29)18-26(35)33-25-15-6-7-16-31-25/h2-17,29,32H,18H2,1H3,(H,31,33,35)/t29-/m0/s1. The molecule has 0 unspecified atom stereocenters. The van der Waals surface area contributed by atoms with Gasteiger partial charge in [0.2, 0.25) is 5.91 Å². The van der Waals surface area contributed by atoms with Crippen molar-refractivity contribution in [2.75, 3.05) is 19.0 Å². The van der Waals surface area contributed by atoms with Crippen LogP contribution in [0.1, 0.15) is 27.5 Å². The minimum absolute atomic E-state index is 0.119. The van der Waals surface area contributed by atoms with Gasteiger partial charge in [-0.25, -0.2) is 4.98 Å². The highest BCUT2D eigenvalue weighted by Crippen LogP contribution is 2.45. The molecular formula is C30H24N4O3. The number of amides is 2. The number of fused-ring (bicyclic) bond motifs is 2. The number of hydrogen-bond acceptors (Lipinski definition) is 4. The van der Waals surface area contributed by atoms with Gasteiger partial charge in [-0.1, -0.05) is 54.6 Å². The minimum Gasteiger partial charge on any atom is -0.497 e. The molecule has 0 spiro atoms. The zero-order valence-electron chi connectivity index (χ0n) is 20.1. The van der Waals surface area contributed by atoms with E-state index in [2.05, 4.69) is 15.3 Å². The van der Waals surface area contributed by atoms with Gasteiger partial charge in [0.25, 0.3) is 5.91 Å². The van der Waals surface area contributed by atoms with Gasteiger partial charge in [0.05, 0.1) is 18.8 Å². The van der Waals surface area contributed by atoms with E-state index < -0.39 is 6.04 Å². The van der Waals surface area contributed by atoms with E-state index >= 15 is 0 Å². The second kappa shape index (κ2) is 9.28. The maximum atomic E-state index is 13.7. The summed E-state index contributed by atoms with van der Waals surface area (Å²) >= 11 is 0. The molecule has 1 atom stereocenters. The lowest BCUT2D eigenvalue weighted by atomic mass is 9.93. The monoisotopic (exact) mass is 488 g/mol. The number of pyridine rings is 1. The number of nitrogens with zero attached hydrogens (tertiary/aromatic N) is 2. The van der Waals surface area contributed by atoms with Crippen LogP contribution in [0.2, 0.25) is 0 Å². The first-order chi connectivity index (χ1) is 18.1. The summed E-state index contributed by atoms with van der Waals surface area (Å²) in [6, 6.07) is 28.2. The van der Waals surface area contributed by atoms with Crippen molar-refractivity contribution in [1.82, 2.24) is 14.9 Å². The van der Waals surface area contributed by atoms with Crippen molar-refractivity contribution >= 4 is 28.5 Å². The predicted molar refractivity (Wildman–Crippen MR) is 142 cm³/mol. The Hall–Kier alpha value is -4.91. The highest BCUT2D eigenvalue weighted by atomic mass is 16.5. The smallest absolute Gasteiger partial charge is 0.255 e. The molecule has 6 rings (SSSR count). The van der Waals surface area contributed by atoms with E-state index in [0.717, 1.165) is 39.0 Å². The molecule has 7 heteroatoms. The fraction of sp³-hybridized carbons (Fsp3) is 0.100. The topological polar surface area (TPSA) is 87.3 Å². The molecule has 3 aromatic carbocycles. The normalized spacial score (nSPS) is 14.6. The average molecular weight is 489 g/mol. The Bertz CT molecular complexity index is 1630. The second-order valence-electron chi connectivity index (χ2n) is 8.88. The van der Waals surface area contributed by atoms with Crippen LogP contribution in [0.25, 0.3) is 22.2 Å². The molecule has 0 bridgehead atoms. The largest absolute Gasteiger partial charge is 0.497 e. The van der Waals surface area contributed by atoms with Crippen molar-refractivity contribution in [3.8, 4) is 17.0 Å². The molecular weight excluding hydrogens is 464 g/mol. The number of anilines is 1. The number of hydrogen-bond donors (Lipinski definition) is 2. The van der Waals surface area contributed by atoms with Crippen LogP contribution in [0.3, 0.4) is 0 Å². The fourth-order valence-corrected chi connectivity index (χ4v) is 5.07. The first-order valence-electron chi connectivity index (χ1n) is 12.0. The summed E-state index contributed by atoms with van der Waals surface area (Å²) in [7, 11) is 1.64. The number of nitrogens with one attached hydrogen (secondary N) is 2. The summed E-state index contributed by atoms with van der Waals surface area (Å²) in [5.41, 5.74) is 5.16. The van der Waals surface area contributed by atoms with Gasteiger partial charge in [0.15, 0.2) is 0 Å². The average Bonchev–Trinajstić information content (AvgIpc) is 3.44. The second-order valence-corrected chi connectivity index (χ2v) is 8.88. The Balaban J connectivity index is 1.50. The highest BCUT2D eigenvalue weighted by Gasteiger charge is 2.41. The number of ether oxygens (including phenoxy) is 1. The van der Waals surface area contributed by atoms with Gasteiger partial charge in [-0.15, -0.1) is 0 Å². The summed E-state index contributed by atoms with van der Waals surface area (Å²) in [4.78, 5) is 36.2. The van der Waals surface area contributed by atoms with E-state index in [1.165, 1.54) is 0 Å². The van der Waals surface area contributed by atoms with Crippen LogP contribution in [0, 0.1) is 0 Å². The number of methoxy groups -OCH3 is 1. The number of aromatic amines is 1. The molecule has 0 aliphatic carbocycles. The van der Waals surface area contributed by atoms with Crippen LogP contribution in [0.5, 0.6) is 5.75 Å². The Morgan fingerprint density at radius 3 is 2.65 bits per heavy atom. The van der Waals surface area contributed by atoms with Gasteiger partial charge < -0.3 is 19.9 Å². The number of para-hydroxylation sites is 1. The first-order valence-corrected chi connectivity index (χ1v) is 12.0. The Morgan fingerprint density at radius 2 is 1.81 bits per heavy atom. The van der Waals surface area contributed by atoms with Gasteiger partial charge in [0.1, 0.15) is 18.1 Å². The van der Waals surface area contributed by atoms with Crippen molar-refractivity contribution < 1.29 is 14.3 Å². The van der Waals surface area contributed by atoms with E-state index in [4.69, 9.17) is 4.74 Å². The summed E-state index contributed by atoms with van der Waals surface area (Å²) in [6.45, 7) is -0.119. The molecule has 1 aliphatic rings. The summed E-state index contributed by atoms with van der Waals surface area (Å²) in [5, 5.41) is 3.80. The van der Waals surface area contributed by atoms with E-state index in [1.807, 2.05) is 72.8 Å². The molecule has 5 aromatic rings. The lowest BCUT2D eigenvalue weighted by molar-refractivity contribution is -0.117. The molecule has 0 saturated heterocycles. The molecule has 0 fully saturated rings. The van der Waals surface area contributed by atoms with Crippen molar-refractivity contribution in [1.29, 1.82) is 0 Å². The Morgan fingerprint density at radius 1 is 1.00 bits per heavy atom. The molecule has 3 heterocycles. The predicted octanol–water partition coefficient (Wildman–Crippen LogP) is 5.42. The van der Waals surface area contributed by atoms with Gasteiger partial charge in [-0.2, -0.15) is 0 Å². The quantitative estimate of drug-likeness (QED) is 0.334. The van der Waals surface area contributed by atoms with Gasteiger partial charge >= 0.3 is 0 Å². The molecule has 0 saturated carbocycles. The molecule has 7 nitrogen and oxygen atoms in total. The van der Waals surface area contributed by atoms with Crippen LogP contribution in [-0.4, -0.2) is 40.3 Å². The number of carbonyl (C=O) groups is 2. The molecule has 37 heavy (non-hydrogen) atoms. The third-order valence-corrected chi connectivity index (χ3v) is 6.68. The fourth-order valence-electron chi connectivity index (χ4n) is 5.07. The van der Waals surface area contributed by atoms with Gasteiger partial charge in [0, 0.05) is 33.8 Å². The van der Waals surface area contributed by atoms with Gasteiger partial charge in [-0.05, 0) is 42.0 Å². The van der Waals surface area contributed by atoms with Crippen LogP contribution < -0.4 is 10.1 Å². The Kier molecular flexibility index (Phi) is 5.65. The van der Waals surface area contributed by atoms with E-state index in [0.29, 0.717) is 11.4 Å². The van der Waals surface area contributed by atoms with Crippen molar-refractivity contribution in [3.05, 3.63) is 114 Å². The lowest BCUT2D eigenvalue weighted by Gasteiger charge is -2.26. The number of carbonyl (C=O) groups excluding carboxylic acids is 2. The highest BCUT2D eigenvalue weighted by molar-refractivity contribution is 6.04. The zero-order valence-corrected chi connectivity index (χ0v) is 20.1. The SMILES string of the molecule is COc1cccc(-c2[nH]c3ccccc3c2[C@@H]2c3ccccc3C(=O)N2CC(=O)Nc2ccccn2)c1. The number of benzene rings is 3. The first kappa shape index (κ1) is 22.5. The Labute approximate surface area is 213 Å². The van der Waals surface area contributed by atoms with Gasteiger partial charge in [-0.3, -0.25) is 9.59 Å². The molecule has 1 aliphatic heterocycles. The number of rotatable bonds is 6. The lowest BCUT2D eigenvalue weighted by Crippen LogP contribution is -2.36. The van der Waals surface area contributed by atoms with Crippen molar-refractivity contribution in [3.63, 3.8) is 0 Å². The molecule has 2 amide bonds. The van der Waals surface area contributed by atoms with Crippen LogP contribution in [0.15, 0.2) is 97.2 Å². The van der Waals surface area contributed by atoms with E-state index in [-0.39, 0.29) is 18.4 Å². The van der Waals surface area contributed by atoms with Crippen molar-refractivity contribution in [2.24, 2.45) is 0 Å². The molecule has 2 aromatic heterocycles. The summed E-state index contributed by atoms with van der Waals surface area (Å²) in [5.74, 6) is 0.681. The zero-order chi connectivity index (χ0) is 25.4. The molecule has 0 radical (unpaired) electrons. The number of H-pyrrole nitrogens is 1. The van der Waals surface area contributed by atoms with Crippen LogP contribution >= 0.6 is 0 Å². The minimum atomic E-state index is -0.462. The van der Waals surface area contributed by atoms with Crippen LogP contribution in [0.4, 0.5) is 5.82 Å².